The Morgan fingerprint density at radius 1 is 1.31 bits per heavy atom. The van der Waals surface area contributed by atoms with Gasteiger partial charge in [0.25, 0.3) is 5.91 Å². The molecule has 1 amide bonds. The molecule has 0 bridgehead atoms. The summed E-state index contributed by atoms with van der Waals surface area (Å²) in [6.07, 6.45) is 3.56. The van der Waals surface area contributed by atoms with Gasteiger partial charge in [0.1, 0.15) is 5.75 Å². The number of sulfonamides is 1. The van der Waals surface area contributed by atoms with Gasteiger partial charge < -0.3 is 5.11 Å². The van der Waals surface area contributed by atoms with Gasteiger partial charge in [0, 0.05) is 42.5 Å². The Bertz CT molecular complexity index is 1030. The fourth-order valence-corrected chi connectivity index (χ4v) is 4.67. The lowest BCUT2D eigenvalue weighted by atomic mass is 10.1. The molecule has 9 nitrogen and oxygen atoms in total. The standard InChI is InChI=1S/C19H22N4O5S/c1-13-18(25)17(15(12-24)10-20-13)11-21-22-19(26)14-5-4-6-16(9-14)29(27,28)23-7-2-3-8-23/h4-6,9-10,12,21,25H,2-3,7-8,11H2,1H3,(H,22,26). The first kappa shape index (κ1) is 20.9. The molecule has 0 saturated carbocycles. The van der Waals surface area contributed by atoms with Crippen molar-refractivity contribution in [2.75, 3.05) is 13.1 Å². The van der Waals surface area contributed by atoms with Gasteiger partial charge in [0.2, 0.25) is 10.0 Å². The SMILES string of the molecule is Cc1ncc(C=O)c(CNNC(=O)c2cccc(S(=O)(=O)N3CCCC3)c2)c1O. The fraction of sp³-hybridized carbons (Fsp3) is 0.316. The molecule has 2 aromatic rings. The van der Waals surface area contributed by atoms with Gasteiger partial charge in [-0.15, -0.1) is 0 Å². The van der Waals surface area contributed by atoms with Crippen LogP contribution < -0.4 is 10.9 Å². The van der Waals surface area contributed by atoms with Crippen molar-refractivity contribution >= 4 is 22.2 Å². The fourth-order valence-electron chi connectivity index (χ4n) is 3.11. The normalized spacial score (nSPS) is 14.7. The highest BCUT2D eigenvalue weighted by Crippen LogP contribution is 2.23. The minimum Gasteiger partial charge on any atom is -0.506 e. The average Bonchev–Trinajstić information content (AvgIpc) is 3.27. The van der Waals surface area contributed by atoms with E-state index in [0.717, 1.165) is 12.8 Å². The van der Waals surface area contributed by atoms with E-state index < -0.39 is 15.9 Å². The van der Waals surface area contributed by atoms with Gasteiger partial charge in [0.05, 0.1) is 10.6 Å². The summed E-state index contributed by atoms with van der Waals surface area (Å²) in [4.78, 5) is 27.5. The molecule has 1 aliphatic rings. The largest absolute Gasteiger partial charge is 0.506 e. The number of aryl methyl sites for hydroxylation is 1. The van der Waals surface area contributed by atoms with E-state index in [9.17, 15) is 23.1 Å². The number of hydrogen-bond donors (Lipinski definition) is 3. The van der Waals surface area contributed by atoms with Gasteiger partial charge in [-0.25, -0.2) is 13.8 Å². The van der Waals surface area contributed by atoms with Crippen molar-refractivity contribution in [2.45, 2.75) is 31.2 Å². The molecule has 1 aromatic carbocycles. The number of pyridine rings is 1. The maximum absolute atomic E-state index is 12.7. The highest BCUT2D eigenvalue weighted by Gasteiger charge is 2.27. The van der Waals surface area contributed by atoms with Crippen molar-refractivity contribution < 1.29 is 23.1 Å². The molecule has 1 saturated heterocycles. The molecule has 29 heavy (non-hydrogen) atoms. The van der Waals surface area contributed by atoms with Crippen LogP contribution in [0.15, 0.2) is 35.4 Å². The van der Waals surface area contributed by atoms with Crippen LogP contribution in [0.2, 0.25) is 0 Å². The molecule has 1 aromatic heterocycles. The van der Waals surface area contributed by atoms with Crippen LogP contribution in [0.3, 0.4) is 0 Å². The zero-order valence-electron chi connectivity index (χ0n) is 15.9. The lowest BCUT2D eigenvalue weighted by Crippen LogP contribution is -2.37. The number of aldehydes is 1. The Kier molecular flexibility index (Phi) is 6.26. The maximum Gasteiger partial charge on any atom is 0.265 e. The number of aromatic hydroxyl groups is 1. The second-order valence-electron chi connectivity index (χ2n) is 6.69. The number of amides is 1. The van der Waals surface area contributed by atoms with Crippen molar-refractivity contribution in [1.82, 2.24) is 20.1 Å². The Morgan fingerprint density at radius 2 is 2.03 bits per heavy atom. The molecular weight excluding hydrogens is 396 g/mol. The molecule has 154 valence electrons. The van der Waals surface area contributed by atoms with Crippen molar-refractivity contribution in [2.24, 2.45) is 0 Å². The zero-order chi connectivity index (χ0) is 21.0. The van der Waals surface area contributed by atoms with E-state index in [0.29, 0.717) is 30.6 Å². The van der Waals surface area contributed by atoms with Crippen LogP contribution in [0.1, 0.15) is 44.8 Å². The molecule has 0 atom stereocenters. The number of nitrogens with zero attached hydrogens (tertiary/aromatic N) is 2. The van der Waals surface area contributed by atoms with Crippen molar-refractivity contribution in [1.29, 1.82) is 0 Å². The molecule has 10 heteroatoms. The predicted octanol–water partition coefficient (Wildman–Crippen LogP) is 1.13. The Hall–Kier alpha value is -2.82. The smallest absolute Gasteiger partial charge is 0.265 e. The highest BCUT2D eigenvalue weighted by molar-refractivity contribution is 7.89. The number of hydrazine groups is 1. The van der Waals surface area contributed by atoms with Gasteiger partial charge in [-0.2, -0.15) is 4.31 Å². The Morgan fingerprint density at radius 3 is 2.72 bits per heavy atom. The quantitative estimate of drug-likeness (QED) is 0.454. The lowest BCUT2D eigenvalue weighted by molar-refractivity contribution is 0.0931. The highest BCUT2D eigenvalue weighted by atomic mass is 32.2. The topological polar surface area (TPSA) is 129 Å². The second kappa shape index (κ2) is 8.68. The van der Waals surface area contributed by atoms with Crippen LogP contribution in [-0.2, 0) is 16.6 Å². The summed E-state index contributed by atoms with van der Waals surface area (Å²) in [5.74, 6) is -0.670. The number of rotatable bonds is 7. The maximum atomic E-state index is 12.7. The summed E-state index contributed by atoms with van der Waals surface area (Å²) in [6.45, 7) is 2.54. The summed E-state index contributed by atoms with van der Waals surface area (Å²) in [5, 5.41) is 10.1. The molecule has 1 aliphatic heterocycles. The van der Waals surface area contributed by atoms with Crippen LogP contribution in [0, 0.1) is 6.92 Å². The van der Waals surface area contributed by atoms with Crippen LogP contribution in [0.5, 0.6) is 5.75 Å². The molecule has 3 N–H and O–H groups in total. The van der Waals surface area contributed by atoms with E-state index in [1.807, 2.05) is 0 Å². The number of hydrogen-bond acceptors (Lipinski definition) is 7. The summed E-state index contributed by atoms with van der Waals surface area (Å²) in [5.41, 5.74) is 6.13. The molecule has 0 unspecified atom stereocenters. The van der Waals surface area contributed by atoms with Gasteiger partial charge in [-0.05, 0) is 38.0 Å². The molecule has 0 aliphatic carbocycles. The number of carbonyl (C=O) groups is 2. The van der Waals surface area contributed by atoms with Crippen LogP contribution >= 0.6 is 0 Å². The lowest BCUT2D eigenvalue weighted by Gasteiger charge is -2.16. The zero-order valence-corrected chi connectivity index (χ0v) is 16.7. The van der Waals surface area contributed by atoms with Crippen molar-refractivity contribution in [3.8, 4) is 5.75 Å². The van der Waals surface area contributed by atoms with E-state index in [1.54, 1.807) is 6.92 Å². The van der Waals surface area contributed by atoms with Crippen LogP contribution in [-0.4, -0.2) is 48.1 Å². The molecule has 1 fully saturated rings. The second-order valence-corrected chi connectivity index (χ2v) is 8.63. The van der Waals surface area contributed by atoms with E-state index in [4.69, 9.17) is 0 Å². The number of carbonyl (C=O) groups excluding carboxylic acids is 2. The molecular formula is C19H22N4O5S. The Balaban J connectivity index is 1.70. The molecule has 0 radical (unpaired) electrons. The monoisotopic (exact) mass is 418 g/mol. The molecule has 2 heterocycles. The van der Waals surface area contributed by atoms with Crippen LogP contribution in [0.25, 0.3) is 0 Å². The molecule has 0 spiro atoms. The first-order valence-electron chi connectivity index (χ1n) is 9.10. The van der Waals surface area contributed by atoms with Gasteiger partial charge >= 0.3 is 0 Å². The summed E-state index contributed by atoms with van der Waals surface area (Å²) in [7, 11) is -3.62. The van der Waals surface area contributed by atoms with E-state index in [1.165, 1.54) is 34.8 Å². The van der Waals surface area contributed by atoms with E-state index in [2.05, 4.69) is 15.8 Å². The first-order valence-corrected chi connectivity index (χ1v) is 10.5. The first-order chi connectivity index (χ1) is 13.8. The summed E-state index contributed by atoms with van der Waals surface area (Å²) < 4.78 is 26.7. The molecule has 3 rings (SSSR count). The van der Waals surface area contributed by atoms with Crippen LogP contribution in [0.4, 0.5) is 0 Å². The third kappa shape index (κ3) is 4.44. The van der Waals surface area contributed by atoms with Gasteiger partial charge in [-0.3, -0.25) is 20.0 Å². The Labute approximate surface area is 168 Å². The van der Waals surface area contributed by atoms with E-state index in [-0.39, 0.29) is 28.3 Å². The number of aromatic nitrogens is 1. The van der Waals surface area contributed by atoms with Gasteiger partial charge in [-0.1, -0.05) is 6.07 Å². The minimum atomic E-state index is -3.62. The van der Waals surface area contributed by atoms with Gasteiger partial charge in [0.15, 0.2) is 6.29 Å². The third-order valence-corrected chi connectivity index (χ3v) is 6.66. The average molecular weight is 418 g/mol. The summed E-state index contributed by atoms with van der Waals surface area (Å²) in [6, 6.07) is 5.81. The predicted molar refractivity (Wildman–Crippen MR) is 105 cm³/mol. The third-order valence-electron chi connectivity index (χ3n) is 4.77. The minimum absolute atomic E-state index is 0.0131. The number of nitrogens with one attached hydrogen (secondary N) is 2. The van der Waals surface area contributed by atoms with Crippen molar-refractivity contribution in [3.05, 3.63) is 52.8 Å². The number of benzene rings is 1. The summed E-state index contributed by atoms with van der Waals surface area (Å²) >= 11 is 0. The van der Waals surface area contributed by atoms with E-state index >= 15 is 0 Å². The van der Waals surface area contributed by atoms with Crippen molar-refractivity contribution in [3.63, 3.8) is 0 Å².